The van der Waals surface area contributed by atoms with Gasteiger partial charge in [0.15, 0.2) is 9.84 Å². The smallest absolute Gasteiger partial charge is 0.261 e. The van der Waals surface area contributed by atoms with Crippen LogP contribution in [0.2, 0.25) is 0 Å². The van der Waals surface area contributed by atoms with Crippen LogP contribution in [-0.2, 0) is 9.84 Å². The van der Waals surface area contributed by atoms with Crippen LogP contribution in [0.15, 0.2) is 4.90 Å². The molecule has 0 aliphatic rings. The highest BCUT2D eigenvalue weighted by molar-refractivity contribution is 7.91. The van der Waals surface area contributed by atoms with Crippen LogP contribution in [0.1, 0.15) is 43.3 Å². The maximum Gasteiger partial charge on any atom is 0.261 e. The van der Waals surface area contributed by atoms with Gasteiger partial charge in [-0.25, -0.2) is 8.42 Å². The first kappa shape index (κ1) is 17.8. The molecule has 0 spiro atoms. The molecule has 0 unspecified atom stereocenters. The number of carbonyl (C=O) groups is 1. The largest absolute Gasteiger partial charge is 0.396 e. The summed E-state index contributed by atoms with van der Waals surface area (Å²) in [5.74, 6) is -0.201. The van der Waals surface area contributed by atoms with E-state index >= 15 is 0 Å². The van der Waals surface area contributed by atoms with E-state index in [1.54, 1.807) is 6.92 Å². The fraction of sp³-hybridized carbons (Fsp3) is 0.615. The van der Waals surface area contributed by atoms with Gasteiger partial charge in [-0.15, -0.1) is 11.3 Å². The van der Waals surface area contributed by atoms with Crippen LogP contribution in [0.5, 0.6) is 0 Å². The molecule has 120 valence electrons. The Kier molecular flexibility index (Phi) is 6.03. The van der Waals surface area contributed by atoms with Gasteiger partial charge in [0.2, 0.25) is 0 Å². The summed E-state index contributed by atoms with van der Waals surface area (Å²) in [4.78, 5) is 11.5. The van der Waals surface area contributed by atoms with Crippen molar-refractivity contribution in [3.63, 3.8) is 0 Å². The molecule has 0 saturated carbocycles. The Morgan fingerprint density at radius 1 is 1.38 bits per heavy atom. The number of rotatable bonds is 8. The summed E-state index contributed by atoms with van der Waals surface area (Å²) in [6.07, 6.45) is 1.94. The number of hydrogen-bond acceptors (Lipinski definition) is 6. The molecule has 0 atom stereocenters. The Morgan fingerprint density at radius 2 is 2.00 bits per heavy atom. The minimum absolute atomic E-state index is 0.00773. The molecule has 5 N–H and O–H groups in total. The first-order chi connectivity index (χ1) is 9.70. The Bertz CT molecular complexity index is 606. The van der Waals surface area contributed by atoms with E-state index < -0.39 is 15.7 Å². The third-order valence-corrected chi connectivity index (χ3v) is 6.17. The van der Waals surface area contributed by atoms with Crippen LogP contribution in [0.4, 0.5) is 10.7 Å². The maximum absolute atomic E-state index is 12.2. The fourth-order valence-corrected chi connectivity index (χ4v) is 4.44. The predicted molar refractivity (Wildman–Crippen MR) is 87.5 cm³/mol. The average Bonchev–Trinajstić information content (AvgIpc) is 2.72. The average molecular weight is 333 g/mol. The van der Waals surface area contributed by atoms with Crippen molar-refractivity contribution < 1.29 is 13.2 Å². The number of carbonyl (C=O) groups excluding carboxylic acids is 1. The van der Waals surface area contributed by atoms with E-state index in [-0.39, 0.29) is 21.2 Å². The summed E-state index contributed by atoms with van der Waals surface area (Å²) in [5.41, 5.74) is 11.0. The molecule has 0 aromatic carbocycles. The minimum Gasteiger partial charge on any atom is -0.396 e. The molecule has 1 amide bonds. The highest BCUT2D eigenvalue weighted by Crippen LogP contribution is 2.39. The van der Waals surface area contributed by atoms with Crippen molar-refractivity contribution in [1.82, 2.24) is 0 Å². The number of amides is 1. The zero-order valence-electron chi connectivity index (χ0n) is 12.6. The standard InChI is InChI=1S/C13H23N3O3S2/c1-4-21(18,19)11-9(14)10(12(15)17)20-13(11)16-7-5-6-8(2)3/h8,16H,4-7,14H2,1-3H3,(H2,15,17). The number of nitrogens with one attached hydrogen (secondary N) is 1. The summed E-state index contributed by atoms with van der Waals surface area (Å²) in [5, 5.41) is 3.49. The third kappa shape index (κ3) is 4.34. The van der Waals surface area contributed by atoms with Crippen LogP contribution >= 0.6 is 11.3 Å². The van der Waals surface area contributed by atoms with E-state index in [0.29, 0.717) is 17.5 Å². The lowest BCUT2D eigenvalue weighted by molar-refractivity contribution is 0.100. The normalized spacial score (nSPS) is 11.8. The summed E-state index contributed by atoms with van der Waals surface area (Å²) in [6.45, 7) is 6.42. The Morgan fingerprint density at radius 3 is 2.48 bits per heavy atom. The van der Waals surface area contributed by atoms with Crippen molar-refractivity contribution in [3.05, 3.63) is 4.88 Å². The van der Waals surface area contributed by atoms with Gasteiger partial charge in [0, 0.05) is 6.54 Å². The van der Waals surface area contributed by atoms with Gasteiger partial charge in [-0.1, -0.05) is 20.8 Å². The van der Waals surface area contributed by atoms with Gasteiger partial charge >= 0.3 is 0 Å². The SMILES string of the molecule is CCS(=O)(=O)c1c(NCCCC(C)C)sc(C(N)=O)c1N. The molecule has 1 heterocycles. The van der Waals surface area contributed by atoms with E-state index in [1.165, 1.54) is 0 Å². The molecule has 0 aliphatic carbocycles. The van der Waals surface area contributed by atoms with Crippen LogP contribution in [-0.4, -0.2) is 26.6 Å². The van der Waals surface area contributed by atoms with Gasteiger partial charge in [-0.05, 0) is 18.8 Å². The minimum atomic E-state index is -3.51. The number of nitrogens with two attached hydrogens (primary N) is 2. The van der Waals surface area contributed by atoms with Crippen LogP contribution < -0.4 is 16.8 Å². The quantitative estimate of drug-likeness (QED) is 0.630. The van der Waals surface area contributed by atoms with E-state index in [4.69, 9.17) is 11.5 Å². The van der Waals surface area contributed by atoms with E-state index in [2.05, 4.69) is 19.2 Å². The number of anilines is 2. The topological polar surface area (TPSA) is 115 Å². The van der Waals surface area contributed by atoms with E-state index in [9.17, 15) is 13.2 Å². The monoisotopic (exact) mass is 333 g/mol. The van der Waals surface area contributed by atoms with Crippen LogP contribution in [0.3, 0.4) is 0 Å². The van der Waals surface area contributed by atoms with Crippen molar-refractivity contribution in [2.45, 2.75) is 38.5 Å². The number of nitrogen functional groups attached to an aromatic ring is 1. The zero-order chi connectivity index (χ0) is 16.2. The van der Waals surface area contributed by atoms with Gasteiger partial charge < -0.3 is 16.8 Å². The van der Waals surface area contributed by atoms with Crippen molar-refractivity contribution in [1.29, 1.82) is 0 Å². The lowest BCUT2D eigenvalue weighted by Crippen LogP contribution is -2.13. The second kappa shape index (κ2) is 7.13. The highest BCUT2D eigenvalue weighted by Gasteiger charge is 2.27. The zero-order valence-corrected chi connectivity index (χ0v) is 14.2. The highest BCUT2D eigenvalue weighted by atomic mass is 32.2. The fourth-order valence-electron chi connectivity index (χ4n) is 1.89. The van der Waals surface area contributed by atoms with Gasteiger partial charge in [0.1, 0.15) is 14.8 Å². The summed E-state index contributed by atoms with van der Waals surface area (Å²) < 4.78 is 24.3. The molecule has 0 radical (unpaired) electrons. The van der Waals surface area contributed by atoms with Gasteiger partial charge in [0.25, 0.3) is 5.91 Å². The first-order valence-corrected chi connectivity index (χ1v) is 9.36. The Hall–Kier alpha value is -1.28. The molecule has 0 aliphatic heterocycles. The summed E-state index contributed by atoms with van der Waals surface area (Å²) >= 11 is 1.01. The lowest BCUT2D eigenvalue weighted by atomic mass is 10.1. The third-order valence-electron chi connectivity index (χ3n) is 3.06. The second-order valence-electron chi connectivity index (χ2n) is 5.23. The van der Waals surface area contributed by atoms with Crippen molar-refractivity contribution in [2.24, 2.45) is 11.7 Å². The van der Waals surface area contributed by atoms with Gasteiger partial charge in [-0.3, -0.25) is 4.79 Å². The second-order valence-corrected chi connectivity index (χ2v) is 8.47. The van der Waals surface area contributed by atoms with Crippen molar-refractivity contribution in [3.8, 4) is 0 Å². The summed E-state index contributed by atoms with van der Waals surface area (Å²) in [7, 11) is -3.51. The molecule has 21 heavy (non-hydrogen) atoms. The maximum atomic E-state index is 12.2. The van der Waals surface area contributed by atoms with Gasteiger partial charge in [0.05, 0.1) is 11.4 Å². The first-order valence-electron chi connectivity index (χ1n) is 6.89. The Labute approximate surface area is 129 Å². The molecule has 0 fully saturated rings. The number of primary amides is 1. The number of hydrogen-bond donors (Lipinski definition) is 3. The molecule has 1 aromatic heterocycles. The molecule has 8 heteroatoms. The molecule has 0 bridgehead atoms. The number of sulfone groups is 1. The van der Waals surface area contributed by atoms with E-state index in [0.717, 1.165) is 24.2 Å². The molecular weight excluding hydrogens is 310 g/mol. The molecule has 6 nitrogen and oxygen atoms in total. The van der Waals surface area contributed by atoms with Crippen LogP contribution in [0.25, 0.3) is 0 Å². The predicted octanol–water partition coefficient (Wildman–Crippen LogP) is 2.07. The van der Waals surface area contributed by atoms with E-state index in [1.807, 2.05) is 0 Å². The molecule has 0 saturated heterocycles. The summed E-state index contributed by atoms with van der Waals surface area (Å²) in [6, 6.07) is 0. The van der Waals surface area contributed by atoms with Crippen molar-refractivity contribution >= 4 is 37.8 Å². The molecule has 1 aromatic rings. The van der Waals surface area contributed by atoms with Crippen LogP contribution in [0, 0.1) is 5.92 Å². The molecular formula is C13H23N3O3S2. The van der Waals surface area contributed by atoms with Gasteiger partial charge in [-0.2, -0.15) is 0 Å². The lowest BCUT2D eigenvalue weighted by Gasteiger charge is -2.09. The number of thiophene rings is 1. The Balaban J connectivity index is 3.07. The van der Waals surface area contributed by atoms with Crippen molar-refractivity contribution in [2.75, 3.05) is 23.3 Å². The molecule has 1 rings (SSSR count).